The van der Waals surface area contributed by atoms with E-state index in [1.807, 2.05) is 41.9 Å². The van der Waals surface area contributed by atoms with Crippen molar-refractivity contribution in [2.75, 3.05) is 11.9 Å². The van der Waals surface area contributed by atoms with E-state index in [1.54, 1.807) is 40.9 Å². The second-order valence-corrected chi connectivity index (χ2v) is 10.8. The van der Waals surface area contributed by atoms with Crippen molar-refractivity contribution in [3.8, 4) is 0 Å². The van der Waals surface area contributed by atoms with E-state index in [1.165, 1.54) is 16.8 Å². The number of carbonyl (C=O) groups excluding carboxylic acids is 3. The molecule has 2 unspecified atom stereocenters. The van der Waals surface area contributed by atoms with Crippen LogP contribution in [0.1, 0.15) is 39.5 Å². The minimum absolute atomic E-state index is 0.110. The highest BCUT2D eigenvalue weighted by atomic mass is 32.2. The Morgan fingerprint density at radius 2 is 2.00 bits per heavy atom. The Morgan fingerprint density at radius 3 is 2.76 bits per heavy atom. The zero-order chi connectivity index (χ0) is 22.9. The lowest BCUT2D eigenvalue weighted by atomic mass is 10.1. The number of hydrogen-bond donors (Lipinski definition) is 1. The van der Waals surface area contributed by atoms with Gasteiger partial charge in [0.15, 0.2) is 6.61 Å². The van der Waals surface area contributed by atoms with Crippen LogP contribution < -0.4 is 5.32 Å². The van der Waals surface area contributed by atoms with Gasteiger partial charge >= 0.3 is 5.97 Å². The number of amides is 2. The van der Waals surface area contributed by atoms with Crippen LogP contribution in [-0.4, -0.2) is 40.4 Å². The molecule has 168 valence electrons. The maximum absolute atomic E-state index is 13.0. The van der Waals surface area contributed by atoms with E-state index in [-0.39, 0.29) is 28.7 Å². The monoisotopic (exact) mass is 497 g/mol. The van der Waals surface area contributed by atoms with Crippen LogP contribution in [0.3, 0.4) is 0 Å². The highest BCUT2D eigenvalue weighted by molar-refractivity contribution is 8.00. The van der Waals surface area contributed by atoms with Gasteiger partial charge in [0, 0.05) is 16.2 Å². The van der Waals surface area contributed by atoms with Crippen molar-refractivity contribution in [2.45, 2.75) is 29.5 Å². The Hall–Kier alpha value is -2.95. The molecule has 1 N–H and O–H groups in total. The van der Waals surface area contributed by atoms with Gasteiger partial charge < -0.3 is 10.1 Å². The van der Waals surface area contributed by atoms with Crippen molar-refractivity contribution >= 4 is 63.6 Å². The average molecular weight is 498 g/mol. The Kier molecular flexibility index (Phi) is 6.05. The van der Waals surface area contributed by atoms with E-state index in [0.29, 0.717) is 12.1 Å². The first-order valence-corrected chi connectivity index (χ1v) is 12.9. The molecule has 0 fully saturated rings. The predicted molar refractivity (Wildman–Crippen MR) is 130 cm³/mol. The van der Waals surface area contributed by atoms with Crippen LogP contribution in [0.4, 0.5) is 5.69 Å². The van der Waals surface area contributed by atoms with Crippen LogP contribution in [0.15, 0.2) is 63.2 Å². The third kappa shape index (κ3) is 4.46. The number of anilines is 1. The van der Waals surface area contributed by atoms with Gasteiger partial charge in [0.2, 0.25) is 5.91 Å². The number of thiophene rings is 2. The fourth-order valence-corrected chi connectivity index (χ4v) is 6.11. The molecule has 2 amide bonds. The molecule has 3 aromatic rings. The number of rotatable bonds is 5. The molecule has 0 bridgehead atoms. The summed E-state index contributed by atoms with van der Waals surface area (Å²) in [6, 6.07) is 12.6. The number of carbonyl (C=O) groups is 3. The van der Waals surface area contributed by atoms with E-state index in [9.17, 15) is 14.4 Å². The van der Waals surface area contributed by atoms with E-state index in [4.69, 9.17) is 4.74 Å². The molecule has 7 nitrogen and oxygen atoms in total. The third-order valence-corrected chi connectivity index (χ3v) is 8.39. The molecule has 5 rings (SSSR count). The smallest absolute Gasteiger partial charge is 0.338 e. The lowest BCUT2D eigenvalue weighted by Crippen LogP contribution is -2.31. The summed E-state index contributed by atoms with van der Waals surface area (Å²) < 4.78 is 5.32. The number of nitrogens with one attached hydrogen (secondary N) is 1. The molecule has 2 aliphatic heterocycles. The van der Waals surface area contributed by atoms with Gasteiger partial charge in [-0.25, -0.2) is 9.80 Å². The zero-order valence-electron chi connectivity index (χ0n) is 17.5. The SMILES string of the molecule is CC1Sc2ccc(C(=O)OCC(=O)N3N=C(c4cccs4)CC3c3cccs3)cc2NC1=O. The molecule has 4 heterocycles. The van der Waals surface area contributed by atoms with Gasteiger partial charge in [0.25, 0.3) is 5.91 Å². The second-order valence-electron chi connectivity index (χ2n) is 7.53. The molecular formula is C23H19N3O4S3. The van der Waals surface area contributed by atoms with E-state index in [0.717, 1.165) is 20.4 Å². The number of nitrogens with zero attached hydrogens (tertiary/aromatic N) is 2. The summed E-state index contributed by atoms with van der Waals surface area (Å²) in [7, 11) is 0. The van der Waals surface area contributed by atoms with Crippen molar-refractivity contribution in [1.29, 1.82) is 0 Å². The van der Waals surface area contributed by atoms with Crippen LogP contribution in [0.2, 0.25) is 0 Å². The van der Waals surface area contributed by atoms with E-state index in [2.05, 4.69) is 10.4 Å². The Bertz CT molecular complexity index is 1240. The fourth-order valence-electron chi connectivity index (χ4n) is 3.65. The van der Waals surface area contributed by atoms with Crippen LogP contribution in [0, 0.1) is 0 Å². The molecule has 1 aromatic carbocycles. The first-order valence-electron chi connectivity index (χ1n) is 10.2. The third-order valence-electron chi connectivity index (χ3n) is 5.32. The van der Waals surface area contributed by atoms with Gasteiger partial charge in [0.05, 0.1) is 33.1 Å². The number of hydrazone groups is 1. The number of ether oxygens (including phenoxy) is 1. The van der Waals surface area contributed by atoms with Gasteiger partial charge in [-0.3, -0.25) is 9.59 Å². The van der Waals surface area contributed by atoms with E-state index < -0.39 is 12.6 Å². The van der Waals surface area contributed by atoms with Gasteiger partial charge in [-0.15, -0.1) is 34.4 Å². The van der Waals surface area contributed by atoms with E-state index >= 15 is 0 Å². The predicted octanol–water partition coefficient (Wildman–Crippen LogP) is 4.78. The Balaban J connectivity index is 1.29. The minimum Gasteiger partial charge on any atom is -0.452 e. The molecule has 2 aliphatic rings. The van der Waals surface area contributed by atoms with Gasteiger partial charge in [0.1, 0.15) is 0 Å². The summed E-state index contributed by atoms with van der Waals surface area (Å²) >= 11 is 4.58. The van der Waals surface area contributed by atoms with Crippen molar-refractivity contribution in [1.82, 2.24) is 5.01 Å². The standard InChI is InChI=1S/C23H19N3O4S3/c1-13-22(28)24-15-10-14(6-7-19(15)33-13)23(29)30-12-21(27)26-17(20-5-3-9-32-20)11-16(25-26)18-4-2-8-31-18/h2-10,13,17H,11-12H2,1H3,(H,24,28). The molecule has 33 heavy (non-hydrogen) atoms. The lowest BCUT2D eigenvalue weighted by Gasteiger charge is -2.22. The molecule has 0 spiro atoms. The highest BCUT2D eigenvalue weighted by Crippen LogP contribution is 2.37. The Labute approximate surface area is 202 Å². The topological polar surface area (TPSA) is 88.1 Å². The summed E-state index contributed by atoms with van der Waals surface area (Å²) in [4.78, 5) is 40.5. The number of esters is 1. The molecule has 0 aliphatic carbocycles. The average Bonchev–Trinajstić information content (AvgIpc) is 3.58. The molecule has 2 aromatic heterocycles. The molecule has 0 saturated carbocycles. The molecule has 0 saturated heterocycles. The van der Waals surface area contributed by atoms with Crippen LogP contribution in [0.5, 0.6) is 0 Å². The lowest BCUT2D eigenvalue weighted by molar-refractivity contribution is -0.136. The van der Waals surface area contributed by atoms with Crippen molar-refractivity contribution in [3.63, 3.8) is 0 Å². The first-order chi connectivity index (χ1) is 16.0. The minimum atomic E-state index is -0.627. The quantitative estimate of drug-likeness (QED) is 0.513. The maximum atomic E-state index is 13.0. The zero-order valence-corrected chi connectivity index (χ0v) is 20.0. The molecule has 2 atom stereocenters. The normalized spacial score (nSPS) is 19.6. The summed E-state index contributed by atoms with van der Waals surface area (Å²) in [6.45, 7) is 1.40. The van der Waals surface area contributed by atoms with Crippen molar-refractivity contribution < 1.29 is 19.1 Å². The van der Waals surface area contributed by atoms with Crippen LogP contribution >= 0.6 is 34.4 Å². The summed E-state index contributed by atoms with van der Waals surface area (Å²) in [6.07, 6.45) is 0.612. The molecule has 10 heteroatoms. The maximum Gasteiger partial charge on any atom is 0.338 e. The van der Waals surface area contributed by atoms with Gasteiger partial charge in [-0.1, -0.05) is 12.1 Å². The highest BCUT2D eigenvalue weighted by Gasteiger charge is 2.34. The molecule has 0 radical (unpaired) electrons. The molecular weight excluding hydrogens is 478 g/mol. The Morgan fingerprint density at radius 1 is 1.18 bits per heavy atom. The van der Waals surface area contributed by atoms with Crippen molar-refractivity contribution in [3.05, 3.63) is 68.5 Å². The number of fused-ring (bicyclic) bond motifs is 1. The van der Waals surface area contributed by atoms with Gasteiger partial charge in [-0.05, 0) is 48.0 Å². The first kappa shape index (κ1) is 21.9. The fraction of sp³-hybridized carbons (Fsp3) is 0.217. The summed E-state index contributed by atoms with van der Waals surface area (Å²) in [5.74, 6) is -1.12. The number of benzene rings is 1. The summed E-state index contributed by atoms with van der Waals surface area (Å²) in [5, 5.41) is 12.5. The van der Waals surface area contributed by atoms with Crippen molar-refractivity contribution in [2.24, 2.45) is 5.10 Å². The number of thioether (sulfide) groups is 1. The largest absolute Gasteiger partial charge is 0.452 e. The number of hydrogen-bond acceptors (Lipinski definition) is 8. The van der Waals surface area contributed by atoms with Crippen LogP contribution in [0.25, 0.3) is 0 Å². The second kappa shape index (κ2) is 9.12. The van der Waals surface area contributed by atoms with Gasteiger partial charge in [-0.2, -0.15) is 5.10 Å². The summed E-state index contributed by atoms with van der Waals surface area (Å²) in [5.41, 5.74) is 1.70. The van der Waals surface area contributed by atoms with Crippen LogP contribution in [-0.2, 0) is 14.3 Å².